The lowest BCUT2D eigenvalue weighted by molar-refractivity contribution is -0.114. The van der Waals surface area contributed by atoms with Gasteiger partial charge in [-0.3, -0.25) is 17.8 Å². The summed E-state index contributed by atoms with van der Waals surface area (Å²) in [5.74, 6) is -2.36. The SMILES string of the molecule is COc1cc(N=Nc2ccc(S(=O)[O-])cc2S(=O)(=O)O)c(NC(C)=O)cc1N=Nc1c(N)c(N=Nc2ccccc2)c(N)c(N=Nc2ccc(S(=O)[O-])cc2)c1C(=O)O. The van der Waals surface area contributed by atoms with Crippen LogP contribution in [0.25, 0.3) is 0 Å². The van der Waals surface area contributed by atoms with E-state index in [0.29, 0.717) is 11.8 Å². The third kappa shape index (κ3) is 10.5. The molecule has 59 heavy (non-hydrogen) atoms. The maximum absolute atomic E-state index is 12.8. The molecule has 5 aromatic carbocycles. The van der Waals surface area contributed by atoms with E-state index < -0.39 is 82.3 Å². The van der Waals surface area contributed by atoms with Crippen molar-refractivity contribution in [3.8, 4) is 5.75 Å². The van der Waals surface area contributed by atoms with Crippen LogP contribution in [0, 0.1) is 0 Å². The second kappa shape index (κ2) is 18.5. The largest absolute Gasteiger partial charge is 0.768 e. The topological polar surface area (TPSA) is 361 Å². The number of nitrogens with two attached hydrogens (primary N) is 2. The predicted molar refractivity (Wildman–Crippen MR) is 210 cm³/mol. The summed E-state index contributed by atoms with van der Waals surface area (Å²) in [6.07, 6.45) is 0. The minimum atomic E-state index is -4.99. The Labute approximate surface area is 338 Å². The number of nitrogens with zero attached hydrogens (tertiary/aromatic N) is 8. The van der Waals surface area contributed by atoms with E-state index >= 15 is 0 Å². The van der Waals surface area contributed by atoms with Crippen LogP contribution in [0.1, 0.15) is 17.3 Å². The molecule has 0 saturated heterocycles. The first kappa shape index (κ1) is 43.1. The van der Waals surface area contributed by atoms with E-state index in [1.807, 2.05) is 0 Å². The molecule has 0 radical (unpaired) electrons. The number of hydrogen-bond acceptors (Lipinski definition) is 19. The maximum Gasteiger partial charge on any atom is 0.340 e. The zero-order chi connectivity index (χ0) is 43.0. The minimum Gasteiger partial charge on any atom is -0.768 e. The fourth-order valence-corrected chi connectivity index (χ4v) is 6.35. The van der Waals surface area contributed by atoms with Gasteiger partial charge in [-0.2, -0.15) is 18.6 Å². The number of ether oxygens (including phenoxy) is 1. The number of carbonyl (C=O) groups excluding carboxylic acids is 1. The Morgan fingerprint density at radius 3 is 1.76 bits per heavy atom. The summed E-state index contributed by atoms with van der Waals surface area (Å²) in [4.78, 5) is 23.7. The molecule has 7 N–H and O–H groups in total. The Kier molecular flexibility index (Phi) is 13.5. The number of azo groups is 4. The minimum absolute atomic E-state index is 0.0424. The molecule has 0 saturated carbocycles. The van der Waals surface area contributed by atoms with Crippen molar-refractivity contribution in [2.24, 2.45) is 40.9 Å². The molecule has 0 bridgehead atoms. The Balaban J connectivity index is 1.68. The Bertz CT molecular complexity index is 2750. The molecule has 5 rings (SSSR count). The summed E-state index contributed by atoms with van der Waals surface area (Å²) in [6.45, 7) is 1.15. The molecule has 1 amide bonds. The molecule has 0 heterocycles. The lowest BCUT2D eigenvalue weighted by atomic mass is 10.1. The van der Waals surface area contributed by atoms with Crippen molar-refractivity contribution < 1.29 is 49.9 Å². The van der Waals surface area contributed by atoms with Crippen LogP contribution in [0.15, 0.2) is 141 Å². The second-order valence-corrected chi connectivity index (χ2v) is 14.8. The number of methoxy groups -OCH3 is 1. The third-order valence-electron chi connectivity index (χ3n) is 7.56. The molecule has 0 aliphatic heterocycles. The van der Waals surface area contributed by atoms with Gasteiger partial charge in [0.1, 0.15) is 50.3 Å². The number of carboxylic acid groups (broad SMARTS) is 1. The number of nitrogens with one attached hydrogen (secondary N) is 1. The molecule has 2 unspecified atom stereocenters. The standard InChI is InChI=1S/C34H29N11O11S3/c1-17(46)37-23-15-25(26(56-2)16-24(23)41-40-22-13-12-21(58(51)52)14-27(22)59(53,54)55)42-44-32-28(34(47)48)31(43-39-19-8-10-20(11-9-19)57(49)50)29(35)33(30(32)36)45-38-18-6-4-3-5-7-18/h3-16H,35-36H2,1-2H3,(H,37,46)(H,47,48)(H,49,50)(H,51,52)(H,53,54,55)/p-2. The van der Waals surface area contributed by atoms with Gasteiger partial charge in [0.15, 0.2) is 0 Å². The number of anilines is 3. The van der Waals surface area contributed by atoms with Gasteiger partial charge in [0.2, 0.25) is 5.91 Å². The molecule has 2 atom stereocenters. The summed E-state index contributed by atoms with van der Waals surface area (Å²) >= 11 is -5.38. The van der Waals surface area contributed by atoms with Gasteiger partial charge < -0.3 is 35.7 Å². The van der Waals surface area contributed by atoms with Crippen LogP contribution in [0.2, 0.25) is 0 Å². The van der Waals surface area contributed by atoms with Crippen LogP contribution < -0.4 is 21.5 Å². The van der Waals surface area contributed by atoms with Crippen molar-refractivity contribution in [1.29, 1.82) is 0 Å². The van der Waals surface area contributed by atoms with E-state index in [9.17, 15) is 45.2 Å². The van der Waals surface area contributed by atoms with Gasteiger partial charge >= 0.3 is 5.97 Å². The average molecular weight is 862 g/mol. The highest BCUT2D eigenvalue weighted by molar-refractivity contribution is 7.86. The number of carboxylic acids is 1. The molecule has 0 aliphatic carbocycles. The van der Waals surface area contributed by atoms with Crippen molar-refractivity contribution in [2.75, 3.05) is 23.9 Å². The summed E-state index contributed by atoms with van der Waals surface area (Å²) < 4.78 is 84.6. The highest BCUT2D eigenvalue weighted by atomic mass is 32.2. The Hall–Kier alpha value is -7.03. The zero-order valence-corrected chi connectivity index (χ0v) is 32.6. The number of nitrogen functional groups attached to an aromatic ring is 2. The molecule has 0 spiro atoms. The highest BCUT2D eigenvalue weighted by Gasteiger charge is 2.27. The molecular weight excluding hydrogens is 835 g/mol. The summed E-state index contributed by atoms with van der Waals surface area (Å²) in [5.41, 5.74) is 9.69. The quantitative estimate of drug-likeness (QED) is 0.0307. The average Bonchev–Trinajstić information content (AvgIpc) is 3.19. The summed E-state index contributed by atoms with van der Waals surface area (Å²) in [5, 5.41) is 45.3. The van der Waals surface area contributed by atoms with Crippen molar-refractivity contribution in [3.63, 3.8) is 0 Å². The first-order chi connectivity index (χ1) is 28.0. The predicted octanol–water partition coefficient (Wildman–Crippen LogP) is 7.90. The van der Waals surface area contributed by atoms with Crippen molar-refractivity contribution in [1.82, 2.24) is 0 Å². The fourth-order valence-electron chi connectivity index (χ4n) is 4.87. The van der Waals surface area contributed by atoms with Crippen LogP contribution in [0.3, 0.4) is 0 Å². The van der Waals surface area contributed by atoms with Crippen LogP contribution in [-0.2, 0) is 37.1 Å². The van der Waals surface area contributed by atoms with E-state index in [1.165, 1.54) is 43.5 Å². The lowest BCUT2D eigenvalue weighted by Crippen LogP contribution is -2.06. The van der Waals surface area contributed by atoms with Crippen molar-refractivity contribution in [2.45, 2.75) is 21.6 Å². The van der Waals surface area contributed by atoms with Crippen molar-refractivity contribution in [3.05, 3.63) is 90.5 Å². The van der Waals surface area contributed by atoms with E-state index in [-0.39, 0.29) is 44.8 Å². The van der Waals surface area contributed by atoms with Gasteiger partial charge in [0.05, 0.1) is 35.5 Å². The van der Waals surface area contributed by atoms with Gasteiger partial charge in [-0.25, -0.2) is 4.79 Å². The molecule has 0 fully saturated rings. The van der Waals surface area contributed by atoms with Gasteiger partial charge in [-0.05, 0) is 82.8 Å². The number of benzene rings is 5. The van der Waals surface area contributed by atoms with Crippen LogP contribution >= 0.6 is 0 Å². The third-order valence-corrected chi connectivity index (χ3v) is 9.74. The molecule has 0 aromatic heterocycles. The first-order valence-corrected chi connectivity index (χ1v) is 19.7. The summed E-state index contributed by atoms with van der Waals surface area (Å²) in [7, 11) is -3.78. The highest BCUT2D eigenvalue weighted by Crippen LogP contribution is 2.50. The Morgan fingerprint density at radius 1 is 0.695 bits per heavy atom. The molecule has 5 aromatic rings. The van der Waals surface area contributed by atoms with E-state index in [4.69, 9.17) is 16.2 Å². The fraction of sp³-hybridized carbons (Fsp3) is 0.0588. The second-order valence-electron chi connectivity index (χ2n) is 11.5. The molecule has 25 heteroatoms. The summed E-state index contributed by atoms with van der Waals surface area (Å²) in [6, 6.07) is 18.5. The molecule has 304 valence electrons. The van der Waals surface area contributed by atoms with Crippen molar-refractivity contribution >= 4 is 107 Å². The number of rotatable bonds is 14. The van der Waals surface area contributed by atoms with Gasteiger partial charge in [0, 0.05) is 22.8 Å². The number of carbonyl (C=O) groups is 2. The number of hydrogen-bond donors (Lipinski definition) is 5. The number of aromatic carboxylic acids is 1. The monoisotopic (exact) mass is 861 g/mol. The smallest absolute Gasteiger partial charge is 0.340 e. The van der Waals surface area contributed by atoms with E-state index in [1.54, 1.807) is 30.3 Å². The molecule has 22 nitrogen and oxygen atoms in total. The maximum atomic E-state index is 12.8. The van der Waals surface area contributed by atoms with Gasteiger partial charge in [0.25, 0.3) is 10.1 Å². The van der Waals surface area contributed by atoms with Crippen LogP contribution in [0.4, 0.5) is 62.6 Å². The normalized spacial score (nSPS) is 13.0. The van der Waals surface area contributed by atoms with E-state index in [2.05, 4.69) is 46.2 Å². The van der Waals surface area contributed by atoms with Crippen LogP contribution in [0.5, 0.6) is 5.75 Å². The molecule has 0 aliphatic rings. The van der Waals surface area contributed by atoms with E-state index in [0.717, 1.165) is 19.1 Å². The van der Waals surface area contributed by atoms with Gasteiger partial charge in [-0.1, -0.05) is 18.2 Å². The first-order valence-electron chi connectivity index (χ1n) is 16.1. The van der Waals surface area contributed by atoms with Gasteiger partial charge in [-0.15, -0.1) is 30.7 Å². The Morgan fingerprint density at radius 2 is 1.22 bits per heavy atom. The van der Waals surface area contributed by atoms with Crippen LogP contribution in [-0.4, -0.2) is 54.6 Å². The lowest BCUT2D eigenvalue weighted by Gasteiger charge is -2.14. The zero-order valence-electron chi connectivity index (χ0n) is 30.1. The molecular formula is C34H27N11O11S3-2. The number of amides is 1.